The van der Waals surface area contributed by atoms with E-state index >= 15 is 0 Å². The van der Waals surface area contributed by atoms with Crippen LogP contribution in [0.1, 0.15) is 28.7 Å². The van der Waals surface area contributed by atoms with Crippen molar-refractivity contribution in [3.05, 3.63) is 106 Å². The first-order chi connectivity index (χ1) is 13.1. The number of fused-ring (bicyclic) bond motifs is 1. The van der Waals surface area contributed by atoms with Crippen molar-refractivity contribution in [3.8, 4) is 5.69 Å². The molecule has 0 saturated carbocycles. The van der Waals surface area contributed by atoms with Crippen LogP contribution in [0.4, 0.5) is 0 Å². The number of Topliss-reactive ketones (excluding diaryl/α,β-unsaturated/α-hetero) is 1. The van der Waals surface area contributed by atoms with E-state index < -0.39 is 0 Å². The summed E-state index contributed by atoms with van der Waals surface area (Å²) < 4.78 is 2.04. The number of ketones is 1. The molecule has 0 bridgehead atoms. The molecule has 0 aliphatic rings. The fourth-order valence-corrected chi connectivity index (χ4v) is 3.28. The van der Waals surface area contributed by atoms with Crippen molar-refractivity contribution in [2.45, 2.75) is 13.3 Å². The lowest BCUT2D eigenvalue weighted by atomic mass is 10.1. The SMILES string of the molecule is CC(=O)c1cc2c(cn1)c(=O)cc(Cc1ccccc1)n2-c1ccccc1. The minimum absolute atomic E-state index is 0.0919. The van der Waals surface area contributed by atoms with E-state index in [9.17, 15) is 9.59 Å². The Balaban J connectivity index is 2.04. The molecule has 0 spiro atoms. The number of pyridine rings is 2. The summed E-state index contributed by atoms with van der Waals surface area (Å²) in [6.07, 6.45) is 2.11. The predicted octanol–water partition coefficient (Wildman–Crippen LogP) is 4.18. The smallest absolute Gasteiger partial charge is 0.191 e. The lowest BCUT2D eigenvalue weighted by Gasteiger charge is -2.17. The number of hydrogen-bond acceptors (Lipinski definition) is 3. The first-order valence-corrected chi connectivity index (χ1v) is 8.78. The van der Waals surface area contributed by atoms with Gasteiger partial charge in [0.2, 0.25) is 0 Å². The van der Waals surface area contributed by atoms with Crippen molar-refractivity contribution >= 4 is 16.7 Å². The third kappa shape index (κ3) is 3.29. The number of aromatic nitrogens is 2. The van der Waals surface area contributed by atoms with Crippen LogP contribution in [0.2, 0.25) is 0 Å². The summed E-state index contributed by atoms with van der Waals surface area (Å²) in [6.45, 7) is 1.48. The summed E-state index contributed by atoms with van der Waals surface area (Å²) in [6, 6.07) is 23.2. The minimum Gasteiger partial charge on any atom is -0.313 e. The second-order valence-electron chi connectivity index (χ2n) is 6.48. The zero-order chi connectivity index (χ0) is 18.8. The average molecular weight is 354 g/mol. The lowest BCUT2D eigenvalue weighted by molar-refractivity contribution is 0.101. The van der Waals surface area contributed by atoms with E-state index in [1.54, 1.807) is 12.1 Å². The molecule has 0 saturated heterocycles. The van der Waals surface area contributed by atoms with Gasteiger partial charge in [-0.1, -0.05) is 48.5 Å². The number of benzene rings is 2. The molecular weight excluding hydrogens is 336 g/mol. The second-order valence-corrected chi connectivity index (χ2v) is 6.48. The van der Waals surface area contributed by atoms with Gasteiger partial charge in [-0.15, -0.1) is 0 Å². The molecule has 4 rings (SSSR count). The van der Waals surface area contributed by atoms with Crippen LogP contribution >= 0.6 is 0 Å². The minimum atomic E-state index is -0.127. The van der Waals surface area contributed by atoms with E-state index in [1.165, 1.54) is 13.1 Å². The quantitative estimate of drug-likeness (QED) is 0.517. The fraction of sp³-hybridized carbons (Fsp3) is 0.0870. The van der Waals surface area contributed by atoms with Crippen LogP contribution in [-0.4, -0.2) is 15.3 Å². The van der Waals surface area contributed by atoms with Gasteiger partial charge in [0.25, 0.3) is 0 Å². The third-order valence-corrected chi connectivity index (χ3v) is 4.58. The highest BCUT2D eigenvalue weighted by Crippen LogP contribution is 2.22. The molecule has 27 heavy (non-hydrogen) atoms. The van der Waals surface area contributed by atoms with Gasteiger partial charge in [-0.3, -0.25) is 14.6 Å². The Morgan fingerprint density at radius 2 is 1.63 bits per heavy atom. The largest absolute Gasteiger partial charge is 0.313 e. The van der Waals surface area contributed by atoms with Crippen LogP contribution in [-0.2, 0) is 6.42 Å². The fourth-order valence-electron chi connectivity index (χ4n) is 3.28. The number of rotatable bonds is 4. The summed E-state index contributed by atoms with van der Waals surface area (Å²) in [4.78, 5) is 28.7. The number of para-hydroxylation sites is 1. The molecule has 0 radical (unpaired) electrons. The van der Waals surface area contributed by atoms with Crippen LogP contribution in [0.25, 0.3) is 16.6 Å². The zero-order valence-corrected chi connectivity index (χ0v) is 14.9. The molecule has 4 heteroatoms. The standard InChI is InChI=1S/C23H18N2O2/c1-16(26)21-14-22-20(15-24-21)23(27)13-19(12-17-8-4-2-5-9-17)25(22)18-10-6-3-7-11-18/h2-11,13-15H,12H2,1H3. The van der Waals surface area contributed by atoms with Crippen molar-refractivity contribution in [1.29, 1.82) is 0 Å². The molecule has 132 valence electrons. The van der Waals surface area contributed by atoms with Crippen molar-refractivity contribution in [2.75, 3.05) is 0 Å². The highest BCUT2D eigenvalue weighted by Gasteiger charge is 2.14. The van der Waals surface area contributed by atoms with Gasteiger partial charge in [0.05, 0.1) is 10.9 Å². The van der Waals surface area contributed by atoms with E-state index in [0.29, 0.717) is 23.0 Å². The Morgan fingerprint density at radius 3 is 2.30 bits per heavy atom. The maximum Gasteiger partial charge on any atom is 0.191 e. The molecule has 0 fully saturated rings. The maximum absolute atomic E-state index is 12.7. The van der Waals surface area contributed by atoms with Gasteiger partial charge in [0, 0.05) is 37.0 Å². The Hall–Kier alpha value is -3.53. The molecule has 4 aromatic rings. The molecule has 4 nitrogen and oxygen atoms in total. The summed E-state index contributed by atoms with van der Waals surface area (Å²) in [5.41, 5.74) is 3.87. The average Bonchev–Trinajstić information content (AvgIpc) is 2.69. The summed E-state index contributed by atoms with van der Waals surface area (Å²) in [5, 5.41) is 0.501. The zero-order valence-electron chi connectivity index (χ0n) is 14.9. The van der Waals surface area contributed by atoms with Crippen molar-refractivity contribution in [3.63, 3.8) is 0 Å². The lowest BCUT2D eigenvalue weighted by Crippen LogP contribution is -2.15. The predicted molar refractivity (Wildman–Crippen MR) is 107 cm³/mol. The molecular formula is C23H18N2O2. The van der Waals surface area contributed by atoms with Crippen LogP contribution in [0.5, 0.6) is 0 Å². The van der Waals surface area contributed by atoms with Crippen molar-refractivity contribution in [1.82, 2.24) is 9.55 Å². The van der Waals surface area contributed by atoms with Gasteiger partial charge in [-0.25, -0.2) is 0 Å². The Kier molecular flexibility index (Phi) is 4.38. The normalized spacial score (nSPS) is 10.9. The van der Waals surface area contributed by atoms with Gasteiger partial charge in [0.1, 0.15) is 5.69 Å². The van der Waals surface area contributed by atoms with E-state index in [0.717, 1.165) is 16.9 Å². The van der Waals surface area contributed by atoms with Gasteiger partial charge >= 0.3 is 0 Å². The first-order valence-electron chi connectivity index (χ1n) is 8.78. The molecule has 2 aromatic carbocycles. The number of hydrogen-bond donors (Lipinski definition) is 0. The highest BCUT2D eigenvalue weighted by molar-refractivity contribution is 5.95. The van der Waals surface area contributed by atoms with Gasteiger partial charge in [-0.05, 0) is 23.8 Å². The van der Waals surface area contributed by atoms with E-state index in [2.05, 4.69) is 4.98 Å². The van der Waals surface area contributed by atoms with Crippen LogP contribution in [0.3, 0.4) is 0 Å². The molecule has 0 aliphatic carbocycles. The van der Waals surface area contributed by atoms with Gasteiger partial charge in [-0.2, -0.15) is 0 Å². The Labute approximate surface area is 156 Å². The third-order valence-electron chi connectivity index (χ3n) is 4.58. The van der Waals surface area contributed by atoms with Gasteiger partial charge in [0.15, 0.2) is 11.2 Å². The Morgan fingerprint density at radius 1 is 0.963 bits per heavy atom. The second kappa shape index (κ2) is 7.00. The molecule has 0 atom stereocenters. The number of nitrogens with zero attached hydrogens (tertiary/aromatic N) is 2. The van der Waals surface area contributed by atoms with Crippen LogP contribution in [0, 0.1) is 0 Å². The maximum atomic E-state index is 12.7. The summed E-state index contributed by atoms with van der Waals surface area (Å²) >= 11 is 0. The van der Waals surface area contributed by atoms with E-state index in [-0.39, 0.29) is 11.2 Å². The molecule has 2 aromatic heterocycles. The van der Waals surface area contributed by atoms with Crippen molar-refractivity contribution < 1.29 is 4.79 Å². The van der Waals surface area contributed by atoms with E-state index in [4.69, 9.17) is 0 Å². The van der Waals surface area contributed by atoms with Crippen molar-refractivity contribution in [2.24, 2.45) is 0 Å². The number of carbonyl (C=O) groups excluding carboxylic acids is 1. The monoisotopic (exact) mass is 354 g/mol. The molecule has 0 unspecified atom stereocenters. The molecule has 2 heterocycles. The molecule has 0 N–H and O–H groups in total. The Bertz CT molecular complexity index is 1180. The van der Waals surface area contributed by atoms with Crippen LogP contribution in [0.15, 0.2) is 83.8 Å². The molecule has 0 aliphatic heterocycles. The number of carbonyl (C=O) groups is 1. The van der Waals surface area contributed by atoms with Gasteiger partial charge < -0.3 is 4.57 Å². The summed E-state index contributed by atoms with van der Waals surface area (Å²) in [7, 11) is 0. The molecule has 0 amide bonds. The van der Waals surface area contributed by atoms with Crippen LogP contribution < -0.4 is 5.43 Å². The summed E-state index contributed by atoms with van der Waals surface area (Å²) in [5.74, 6) is -0.127. The highest BCUT2D eigenvalue weighted by atomic mass is 16.1. The topological polar surface area (TPSA) is 52.0 Å². The first kappa shape index (κ1) is 16.9. The van der Waals surface area contributed by atoms with E-state index in [1.807, 2.05) is 65.2 Å².